The highest BCUT2D eigenvalue weighted by molar-refractivity contribution is 6.27. The van der Waals surface area contributed by atoms with Crippen LogP contribution in [0.25, 0.3) is 0 Å². The molecule has 0 fully saturated rings. The number of nitrogens with one attached hydrogen (secondary N) is 1. The van der Waals surface area contributed by atoms with Crippen LogP contribution in [0.4, 0.5) is 5.69 Å². The molecule has 0 aromatic heterocycles. The smallest absolute Gasteiger partial charge is 0.320 e. The van der Waals surface area contributed by atoms with Gasteiger partial charge in [0, 0.05) is 5.69 Å². The first-order valence-electron chi connectivity index (χ1n) is 5.35. The number of benzene rings is 1. The largest absolute Gasteiger partial charge is 0.465 e. The van der Waals surface area contributed by atoms with Crippen LogP contribution in [0.3, 0.4) is 0 Å². The number of amides is 1. The molecule has 2 rings (SSSR count). The van der Waals surface area contributed by atoms with E-state index in [1.807, 2.05) is 6.07 Å². The third kappa shape index (κ3) is 2.13. The predicted octanol–water partition coefficient (Wildman–Crippen LogP) is 2.10. The topological polar surface area (TPSA) is 55.4 Å². The van der Waals surface area contributed by atoms with E-state index < -0.39 is 23.2 Å². The van der Waals surface area contributed by atoms with E-state index in [1.54, 1.807) is 25.1 Å². The fraction of sp³-hybridized carbons (Fsp3) is 0.333. The Kier molecular flexibility index (Phi) is 3.33. The van der Waals surface area contributed by atoms with Crippen LogP contribution < -0.4 is 5.32 Å². The summed E-state index contributed by atoms with van der Waals surface area (Å²) >= 11 is 6.18. The number of esters is 1. The summed E-state index contributed by atoms with van der Waals surface area (Å²) in [7, 11) is 0. The number of fused-ring (bicyclic) bond motifs is 1. The first-order chi connectivity index (χ1) is 8.15. The molecule has 0 aliphatic carbocycles. The highest BCUT2D eigenvalue weighted by Crippen LogP contribution is 2.39. The molecule has 17 heavy (non-hydrogen) atoms. The summed E-state index contributed by atoms with van der Waals surface area (Å²) in [5, 5.41) is 1.97. The van der Waals surface area contributed by atoms with Gasteiger partial charge in [-0.3, -0.25) is 9.59 Å². The third-order valence-corrected chi connectivity index (χ3v) is 3.12. The summed E-state index contributed by atoms with van der Waals surface area (Å²) in [6, 6.07) is 7.16. The number of hydrogen-bond donors (Lipinski definition) is 1. The zero-order valence-electron chi connectivity index (χ0n) is 9.27. The maximum atomic E-state index is 11.8. The van der Waals surface area contributed by atoms with Gasteiger partial charge in [0.15, 0.2) is 5.92 Å². The number of rotatable bonds is 2. The number of ether oxygens (including phenoxy) is 1. The van der Waals surface area contributed by atoms with E-state index in [1.165, 1.54) is 0 Å². The van der Waals surface area contributed by atoms with Crippen LogP contribution in [0.2, 0.25) is 0 Å². The molecule has 1 N–H and O–H groups in total. The highest BCUT2D eigenvalue weighted by Gasteiger charge is 2.40. The summed E-state index contributed by atoms with van der Waals surface area (Å²) in [5.74, 6) is -1.98. The van der Waals surface area contributed by atoms with Crippen molar-refractivity contribution in [3.63, 3.8) is 0 Å². The summed E-state index contributed by atoms with van der Waals surface area (Å²) < 4.78 is 4.85. The van der Waals surface area contributed by atoms with Crippen molar-refractivity contribution in [2.75, 3.05) is 11.9 Å². The Morgan fingerprint density at radius 1 is 1.47 bits per heavy atom. The lowest BCUT2D eigenvalue weighted by Crippen LogP contribution is -2.38. The molecule has 0 bridgehead atoms. The number of alkyl halides is 1. The van der Waals surface area contributed by atoms with Gasteiger partial charge in [0.1, 0.15) is 0 Å². The van der Waals surface area contributed by atoms with E-state index in [9.17, 15) is 9.59 Å². The lowest BCUT2D eigenvalue weighted by atomic mass is 9.92. The van der Waals surface area contributed by atoms with E-state index in [0.717, 1.165) is 5.56 Å². The van der Waals surface area contributed by atoms with Crippen LogP contribution in [-0.2, 0) is 14.3 Å². The molecular weight excluding hydrogens is 242 g/mol. The van der Waals surface area contributed by atoms with Crippen LogP contribution in [0.1, 0.15) is 17.9 Å². The monoisotopic (exact) mass is 253 g/mol. The van der Waals surface area contributed by atoms with E-state index in [-0.39, 0.29) is 6.61 Å². The molecule has 4 nitrogen and oxygen atoms in total. The normalized spacial score (nSPS) is 22.6. The van der Waals surface area contributed by atoms with Gasteiger partial charge in [-0.05, 0) is 18.6 Å². The molecular formula is C12H12ClNO3. The molecule has 0 saturated heterocycles. The number of halogens is 1. The number of carbonyl (C=O) groups is 2. The average Bonchev–Trinajstić information content (AvgIpc) is 2.29. The second-order valence-electron chi connectivity index (χ2n) is 3.71. The molecule has 2 atom stereocenters. The number of anilines is 1. The molecule has 0 radical (unpaired) electrons. The van der Waals surface area contributed by atoms with Gasteiger partial charge in [-0.1, -0.05) is 18.2 Å². The first kappa shape index (κ1) is 11.9. The van der Waals surface area contributed by atoms with Crippen LogP contribution >= 0.6 is 11.6 Å². The Morgan fingerprint density at radius 3 is 2.88 bits per heavy atom. The van der Waals surface area contributed by atoms with Gasteiger partial charge >= 0.3 is 5.97 Å². The van der Waals surface area contributed by atoms with Crippen molar-refractivity contribution < 1.29 is 14.3 Å². The van der Waals surface area contributed by atoms with Gasteiger partial charge in [-0.25, -0.2) is 0 Å². The summed E-state index contributed by atoms with van der Waals surface area (Å²) in [6.45, 7) is 1.92. The SMILES string of the molecule is CCOC(=O)C1C(=O)Nc2ccccc2C1Cl. The molecule has 5 heteroatoms. The van der Waals surface area contributed by atoms with Crippen molar-refractivity contribution in [1.29, 1.82) is 0 Å². The number of carbonyl (C=O) groups excluding carboxylic acids is 2. The standard InChI is InChI=1S/C12H12ClNO3/c1-2-17-12(16)9-10(13)7-5-3-4-6-8(7)14-11(9)15/h3-6,9-10H,2H2,1H3,(H,14,15). The van der Waals surface area contributed by atoms with E-state index >= 15 is 0 Å². The molecule has 2 unspecified atom stereocenters. The van der Waals surface area contributed by atoms with Crippen LogP contribution in [0.15, 0.2) is 24.3 Å². The Balaban J connectivity index is 2.33. The molecule has 0 spiro atoms. The highest BCUT2D eigenvalue weighted by atomic mass is 35.5. The average molecular weight is 254 g/mol. The zero-order valence-corrected chi connectivity index (χ0v) is 10.0. The van der Waals surface area contributed by atoms with Gasteiger partial charge < -0.3 is 10.1 Å². The minimum absolute atomic E-state index is 0.230. The Morgan fingerprint density at radius 2 is 2.18 bits per heavy atom. The summed E-state index contributed by atoms with van der Waals surface area (Å²) in [4.78, 5) is 23.4. The van der Waals surface area contributed by atoms with Crippen molar-refractivity contribution in [1.82, 2.24) is 0 Å². The Hall–Kier alpha value is -1.55. The van der Waals surface area contributed by atoms with Gasteiger partial charge in [0.2, 0.25) is 5.91 Å². The van der Waals surface area contributed by atoms with Crippen LogP contribution in [0, 0.1) is 5.92 Å². The second kappa shape index (κ2) is 4.75. The van der Waals surface area contributed by atoms with Gasteiger partial charge in [-0.15, -0.1) is 11.6 Å². The summed E-state index contributed by atoms with van der Waals surface area (Å²) in [5.41, 5.74) is 1.39. The molecule has 0 saturated carbocycles. The van der Waals surface area contributed by atoms with E-state index in [0.29, 0.717) is 5.69 Å². The maximum Gasteiger partial charge on any atom is 0.320 e. The fourth-order valence-corrected chi connectivity index (χ4v) is 2.24. The zero-order chi connectivity index (χ0) is 12.4. The lowest BCUT2D eigenvalue weighted by molar-refractivity contribution is -0.151. The third-order valence-electron chi connectivity index (χ3n) is 2.63. The minimum atomic E-state index is -0.980. The Bertz CT molecular complexity index is 461. The van der Waals surface area contributed by atoms with Gasteiger partial charge in [0.05, 0.1) is 12.0 Å². The van der Waals surface area contributed by atoms with E-state index in [2.05, 4.69) is 5.32 Å². The molecule has 1 amide bonds. The molecule has 90 valence electrons. The van der Waals surface area contributed by atoms with E-state index in [4.69, 9.17) is 16.3 Å². The fourth-order valence-electron chi connectivity index (χ4n) is 1.83. The minimum Gasteiger partial charge on any atom is -0.465 e. The quantitative estimate of drug-likeness (QED) is 0.499. The maximum absolute atomic E-state index is 11.8. The first-order valence-corrected chi connectivity index (χ1v) is 5.79. The molecule has 1 aliphatic rings. The van der Waals surface area contributed by atoms with Crippen LogP contribution in [0.5, 0.6) is 0 Å². The van der Waals surface area contributed by atoms with Crippen LogP contribution in [-0.4, -0.2) is 18.5 Å². The number of para-hydroxylation sites is 1. The Labute approximate surface area is 104 Å². The summed E-state index contributed by atoms with van der Waals surface area (Å²) in [6.07, 6.45) is 0. The molecule has 1 aromatic carbocycles. The lowest BCUT2D eigenvalue weighted by Gasteiger charge is -2.27. The second-order valence-corrected chi connectivity index (χ2v) is 4.18. The van der Waals surface area contributed by atoms with Crippen molar-refractivity contribution in [3.05, 3.63) is 29.8 Å². The molecule has 1 heterocycles. The van der Waals surface area contributed by atoms with Crippen molar-refractivity contribution >= 4 is 29.2 Å². The number of hydrogen-bond acceptors (Lipinski definition) is 3. The van der Waals surface area contributed by atoms with Crippen molar-refractivity contribution in [2.24, 2.45) is 5.92 Å². The van der Waals surface area contributed by atoms with Gasteiger partial charge in [-0.2, -0.15) is 0 Å². The van der Waals surface area contributed by atoms with Gasteiger partial charge in [0.25, 0.3) is 0 Å². The molecule has 1 aliphatic heterocycles. The predicted molar refractivity (Wildman–Crippen MR) is 63.8 cm³/mol. The van der Waals surface area contributed by atoms with Crippen molar-refractivity contribution in [3.8, 4) is 0 Å². The van der Waals surface area contributed by atoms with Crippen molar-refractivity contribution in [2.45, 2.75) is 12.3 Å². The molecule has 1 aromatic rings.